The molecule has 0 fully saturated rings. The van der Waals surface area contributed by atoms with E-state index >= 15 is 0 Å². The van der Waals surface area contributed by atoms with E-state index in [0.717, 1.165) is 27.4 Å². The molecule has 0 aromatic heterocycles. The Balaban J connectivity index is 2.06. The van der Waals surface area contributed by atoms with Gasteiger partial charge in [0.25, 0.3) is 10.0 Å². The predicted molar refractivity (Wildman–Crippen MR) is 156 cm³/mol. The number of para-hydroxylation sites is 1. The first-order valence-electron chi connectivity index (χ1n) is 13.1. The van der Waals surface area contributed by atoms with Gasteiger partial charge in [0.2, 0.25) is 11.8 Å². The van der Waals surface area contributed by atoms with E-state index in [1.807, 2.05) is 39.0 Å². The van der Waals surface area contributed by atoms with Gasteiger partial charge in [-0.1, -0.05) is 73.5 Å². The van der Waals surface area contributed by atoms with Crippen LogP contribution in [-0.2, 0) is 32.6 Å². The van der Waals surface area contributed by atoms with Crippen LogP contribution in [0.5, 0.6) is 0 Å². The first-order chi connectivity index (χ1) is 18.6. The second-order valence-electron chi connectivity index (χ2n) is 9.43. The van der Waals surface area contributed by atoms with Crippen molar-refractivity contribution in [2.24, 2.45) is 0 Å². The van der Waals surface area contributed by atoms with Crippen molar-refractivity contribution < 1.29 is 18.0 Å². The van der Waals surface area contributed by atoms with Crippen molar-refractivity contribution in [1.82, 2.24) is 10.2 Å². The number of anilines is 1. The molecule has 0 spiro atoms. The average Bonchev–Trinajstić information content (AvgIpc) is 2.93. The van der Waals surface area contributed by atoms with E-state index in [1.165, 1.54) is 4.90 Å². The van der Waals surface area contributed by atoms with E-state index in [1.54, 1.807) is 61.5 Å². The summed E-state index contributed by atoms with van der Waals surface area (Å²) in [7, 11) is -4.11. The van der Waals surface area contributed by atoms with Crippen LogP contribution in [0.25, 0.3) is 0 Å². The molecular weight excluding hydrogens is 534 g/mol. The Bertz CT molecular complexity index is 1390. The highest BCUT2D eigenvalue weighted by Gasteiger charge is 2.33. The molecule has 2 amide bonds. The molecule has 0 bridgehead atoms. The summed E-state index contributed by atoms with van der Waals surface area (Å²) in [6, 6.07) is 19.9. The second kappa shape index (κ2) is 13.6. The van der Waals surface area contributed by atoms with E-state index < -0.39 is 28.5 Å². The number of benzene rings is 3. The molecule has 0 saturated carbocycles. The maximum Gasteiger partial charge on any atom is 0.264 e. The fourth-order valence-corrected chi connectivity index (χ4v) is 5.88. The number of nitrogens with one attached hydrogen (secondary N) is 1. The quantitative estimate of drug-likeness (QED) is 0.318. The van der Waals surface area contributed by atoms with Gasteiger partial charge in [-0.15, -0.1) is 0 Å². The van der Waals surface area contributed by atoms with Crippen LogP contribution in [0.15, 0.2) is 77.7 Å². The van der Waals surface area contributed by atoms with Gasteiger partial charge in [0.15, 0.2) is 0 Å². The number of hydrogen-bond donors (Lipinski definition) is 1. The number of aryl methyl sites for hydroxylation is 2. The highest BCUT2D eigenvalue weighted by atomic mass is 35.5. The topological polar surface area (TPSA) is 86.8 Å². The summed E-state index contributed by atoms with van der Waals surface area (Å²) < 4.78 is 29.1. The van der Waals surface area contributed by atoms with Gasteiger partial charge < -0.3 is 10.2 Å². The lowest BCUT2D eigenvalue weighted by Crippen LogP contribution is -2.51. The fourth-order valence-electron chi connectivity index (χ4n) is 4.21. The summed E-state index contributed by atoms with van der Waals surface area (Å²) in [4.78, 5) is 28.4. The molecule has 0 radical (unpaired) electrons. The molecule has 3 aromatic carbocycles. The van der Waals surface area contributed by atoms with E-state index in [2.05, 4.69) is 5.32 Å². The molecule has 208 valence electrons. The van der Waals surface area contributed by atoms with Crippen LogP contribution in [-0.4, -0.2) is 44.3 Å². The van der Waals surface area contributed by atoms with Gasteiger partial charge in [-0.3, -0.25) is 13.9 Å². The summed E-state index contributed by atoms with van der Waals surface area (Å²) in [5, 5.41) is 3.34. The van der Waals surface area contributed by atoms with E-state index in [-0.39, 0.29) is 17.3 Å². The summed E-state index contributed by atoms with van der Waals surface area (Å²) in [6.45, 7) is 7.49. The van der Waals surface area contributed by atoms with Gasteiger partial charge >= 0.3 is 0 Å². The Morgan fingerprint density at radius 3 is 2.31 bits per heavy atom. The van der Waals surface area contributed by atoms with Crippen LogP contribution >= 0.6 is 11.6 Å². The molecule has 39 heavy (non-hydrogen) atoms. The SMILES string of the molecule is CCCNC(=O)[C@@H](C)N(Cc1cccc(Cl)c1)C(=O)CN(c1ccccc1CC)S(=O)(=O)c1ccc(C)cc1. The van der Waals surface area contributed by atoms with Crippen molar-refractivity contribution >= 4 is 39.1 Å². The van der Waals surface area contributed by atoms with E-state index in [9.17, 15) is 18.0 Å². The second-order valence-corrected chi connectivity index (χ2v) is 11.7. The highest BCUT2D eigenvalue weighted by Crippen LogP contribution is 2.28. The molecule has 1 atom stereocenters. The van der Waals surface area contributed by atoms with Crippen molar-refractivity contribution in [3.63, 3.8) is 0 Å². The molecule has 0 aliphatic carbocycles. The van der Waals surface area contributed by atoms with Crippen LogP contribution in [0, 0.1) is 6.92 Å². The number of nitrogens with zero attached hydrogens (tertiary/aromatic N) is 2. The van der Waals surface area contributed by atoms with Crippen LogP contribution in [0.4, 0.5) is 5.69 Å². The zero-order valence-electron chi connectivity index (χ0n) is 22.9. The van der Waals surface area contributed by atoms with Gasteiger partial charge in [0, 0.05) is 18.1 Å². The lowest BCUT2D eigenvalue weighted by atomic mass is 10.1. The maximum atomic E-state index is 14.0. The Labute approximate surface area is 236 Å². The first kappa shape index (κ1) is 30.2. The van der Waals surface area contributed by atoms with Crippen molar-refractivity contribution in [2.45, 2.75) is 58.0 Å². The average molecular weight is 570 g/mol. The van der Waals surface area contributed by atoms with Crippen molar-refractivity contribution in [1.29, 1.82) is 0 Å². The zero-order chi connectivity index (χ0) is 28.6. The molecule has 0 saturated heterocycles. The van der Waals surface area contributed by atoms with Crippen LogP contribution in [0.2, 0.25) is 5.02 Å². The molecular formula is C30H36ClN3O4S. The zero-order valence-corrected chi connectivity index (χ0v) is 24.4. The van der Waals surface area contributed by atoms with Crippen molar-refractivity contribution in [3.8, 4) is 0 Å². The van der Waals surface area contributed by atoms with Gasteiger partial charge in [-0.05, 0) is 68.1 Å². The van der Waals surface area contributed by atoms with Crippen LogP contribution in [0.3, 0.4) is 0 Å². The highest BCUT2D eigenvalue weighted by molar-refractivity contribution is 7.92. The number of halogens is 1. The number of carbonyl (C=O) groups excluding carboxylic acids is 2. The summed E-state index contributed by atoms with van der Waals surface area (Å²) in [5.41, 5.74) is 2.87. The number of amides is 2. The minimum absolute atomic E-state index is 0.0851. The summed E-state index contributed by atoms with van der Waals surface area (Å²) in [5.74, 6) is -0.815. The van der Waals surface area contributed by atoms with Crippen LogP contribution in [0.1, 0.15) is 43.9 Å². The number of carbonyl (C=O) groups is 2. The standard InChI is InChI=1S/C30H36ClN3O4S/c1-5-18-32-30(36)23(4)33(20-24-10-9-12-26(31)19-24)29(35)21-34(28-13-8-7-11-25(28)6-2)39(37,38)27-16-14-22(3)15-17-27/h7-17,19,23H,5-6,18,20-21H2,1-4H3,(H,32,36)/t23-/m1/s1. The minimum Gasteiger partial charge on any atom is -0.354 e. The number of rotatable bonds is 12. The fraction of sp³-hybridized carbons (Fsp3) is 0.333. The maximum absolute atomic E-state index is 14.0. The number of hydrogen-bond acceptors (Lipinski definition) is 4. The third-order valence-electron chi connectivity index (χ3n) is 6.49. The van der Waals surface area contributed by atoms with E-state index in [4.69, 9.17) is 11.6 Å². The van der Waals surface area contributed by atoms with Crippen LogP contribution < -0.4 is 9.62 Å². The number of sulfonamides is 1. The van der Waals surface area contributed by atoms with Gasteiger partial charge in [0.05, 0.1) is 10.6 Å². The molecule has 0 aliphatic rings. The largest absolute Gasteiger partial charge is 0.354 e. The Hall–Kier alpha value is -3.36. The summed E-state index contributed by atoms with van der Waals surface area (Å²) >= 11 is 6.18. The van der Waals surface area contributed by atoms with Gasteiger partial charge in [0.1, 0.15) is 12.6 Å². The molecule has 3 rings (SSSR count). The normalized spacial score (nSPS) is 12.0. The molecule has 0 unspecified atom stereocenters. The smallest absolute Gasteiger partial charge is 0.264 e. The first-order valence-corrected chi connectivity index (χ1v) is 14.9. The molecule has 3 aromatic rings. The molecule has 1 N–H and O–H groups in total. The third kappa shape index (κ3) is 7.61. The Morgan fingerprint density at radius 1 is 0.974 bits per heavy atom. The lowest BCUT2D eigenvalue weighted by molar-refractivity contribution is -0.139. The van der Waals surface area contributed by atoms with Gasteiger partial charge in [-0.25, -0.2) is 8.42 Å². The summed E-state index contributed by atoms with van der Waals surface area (Å²) in [6.07, 6.45) is 1.32. The monoisotopic (exact) mass is 569 g/mol. The third-order valence-corrected chi connectivity index (χ3v) is 8.50. The van der Waals surface area contributed by atoms with Gasteiger partial charge in [-0.2, -0.15) is 0 Å². The van der Waals surface area contributed by atoms with E-state index in [0.29, 0.717) is 23.7 Å². The van der Waals surface area contributed by atoms with Crippen molar-refractivity contribution in [2.75, 3.05) is 17.4 Å². The molecule has 0 aliphatic heterocycles. The minimum atomic E-state index is -4.11. The molecule has 7 nitrogen and oxygen atoms in total. The molecule has 9 heteroatoms. The Morgan fingerprint density at radius 2 is 1.67 bits per heavy atom. The predicted octanol–water partition coefficient (Wildman–Crippen LogP) is 5.35. The molecule has 0 heterocycles. The Kier molecular flexibility index (Phi) is 10.5. The van der Waals surface area contributed by atoms with Crippen molar-refractivity contribution in [3.05, 3.63) is 94.5 Å². The lowest BCUT2D eigenvalue weighted by Gasteiger charge is -2.32.